The minimum absolute atomic E-state index is 0.166. The summed E-state index contributed by atoms with van der Waals surface area (Å²) in [5.74, 6) is -0.656. The summed E-state index contributed by atoms with van der Waals surface area (Å²) in [7, 11) is 1.88. The molecule has 1 amide bonds. The molecule has 1 heterocycles. The van der Waals surface area contributed by atoms with Crippen LogP contribution in [0, 0.1) is 5.82 Å². The average Bonchev–Trinajstić information content (AvgIpc) is 2.77. The molecule has 1 saturated heterocycles. The van der Waals surface area contributed by atoms with Crippen molar-refractivity contribution in [1.29, 1.82) is 0 Å². The standard InChI is InChI=1S/C12H15FN2O/c1-14-9-6-7-15(8-9)12(16)10-4-2-3-5-11(10)13/h2-5,9,14H,6-8H2,1H3/t9-/m0/s1. The molecule has 4 heteroatoms. The van der Waals surface area contributed by atoms with Crippen LogP contribution in [0.1, 0.15) is 16.8 Å². The first-order chi connectivity index (χ1) is 7.72. The molecule has 0 radical (unpaired) electrons. The van der Waals surface area contributed by atoms with Crippen LogP contribution in [0.3, 0.4) is 0 Å². The average molecular weight is 222 g/mol. The number of likely N-dealkylation sites (tertiary alicyclic amines) is 1. The maximum absolute atomic E-state index is 13.4. The molecule has 16 heavy (non-hydrogen) atoms. The molecule has 86 valence electrons. The summed E-state index contributed by atoms with van der Waals surface area (Å²) in [5.41, 5.74) is 0.166. The number of rotatable bonds is 2. The summed E-state index contributed by atoms with van der Waals surface area (Å²) in [6.07, 6.45) is 0.927. The monoisotopic (exact) mass is 222 g/mol. The van der Waals surface area contributed by atoms with Crippen molar-refractivity contribution in [3.63, 3.8) is 0 Å². The van der Waals surface area contributed by atoms with E-state index in [0.29, 0.717) is 19.1 Å². The lowest BCUT2D eigenvalue weighted by Crippen LogP contribution is -2.33. The van der Waals surface area contributed by atoms with Crippen LogP contribution < -0.4 is 5.32 Å². The van der Waals surface area contributed by atoms with Crippen molar-refractivity contribution in [2.45, 2.75) is 12.5 Å². The van der Waals surface area contributed by atoms with E-state index in [4.69, 9.17) is 0 Å². The number of likely N-dealkylation sites (N-methyl/N-ethyl adjacent to an activating group) is 1. The minimum atomic E-state index is -0.444. The number of nitrogens with zero attached hydrogens (tertiary/aromatic N) is 1. The minimum Gasteiger partial charge on any atom is -0.337 e. The van der Waals surface area contributed by atoms with Crippen LogP contribution in [0.15, 0.2) is 24.3 Å². The van der Waals surface area contributed by atoms with Crippen molar-refractivity contribution in [1.82, 2.24) is 10.2 Å². The highest BCUT2D eigenvalue weighted by molar-refractivity contribution is 5.94. The van der Waals surface area contributed by atoms with Crippen molar-refractivity contribution in [2.75, 3.05) is 20.1 Å². The van der Waals surface area contributed by atoms with Crippen molar-refractivity contribution in [3.8, 4) is 0 Å². The first-order valence-corrected chi connectivity index (χ1v) is 5.43. The van der Waals surface area contributed by atoms with E-state index in [1.807, 2.05) is 7.05 Å². The molecule has 0 spiro atoms. The number of carbonyl (C=O) groups is 1. The Bertz CT molecular complexity index is 394. The fraction of sp³-hybridized carbons (Fsp3) is 0.417. The number of benzene rings is 1. The summed E-state index contributed by atoms with van der Waals surface area (Å²) in [4.78, 5) is 13.7. The Kier molecular flexibility index (Phi) is 3.19. The van der Waals surface area contributed by atoms with Crippen LogP contribution in [0.25, 0.3) is 0 Å². The second-order valence-electron chi connectivity index (χ2n) is 4.01. The Morgan fingerprint density at radius 3 is 2.88 bits per heavy atom. The zero-order valence-corrected chi connectivity index (χ0v) is 9.24. The van der Waals surface area contributed by atoms with Crippen molar-refractivity contribution < 1.29 is 9.18 Å². The van der Waals surface area contributed by atoms with Gasteiger partial charge in [-0.1, -0.05) is 12.1 Å². The van der Waals surface area contributed by atoms with E-state index in [0.717, 1.165) is 6.42 Å². The van der Waals surface area contributed by atoms with Gasteiger partial charge in [0, 0.05) is 19.1 Å². The van der Waals surface area contributed by atoms with Gasteiger partial charge < -0.3 is 10.2 Å². The van der Waals surface area contributed by atoms with Gasteiger partial charge >= 0.3 is 0 Å². The van der Waals surface area contributed by atoms with Crippen LogP contribution in [0.5, 0.6) is 0 Å². The van der Waals surface area contributed by atoms with Crippen molar-refractivity contribution in [2.24, 2.45) is 0 Å². The molecule has 2 rings (SSSR count). The summed E-state index contributed by atoms with van der Waals surface area (Å²) in [5, 5.41) is 3.13. The van der Waals surface area contributed by atoms with Crippen LogP contribution >= 0.6 is 0 Å². The van der Waals surface area contributed by atoms with Gasteiger partial charge in [0.2, 0.25) is 0 Å². The zero-order chi connectivity index (χ0) is 11.5. The fourth-order valence-corrected chi connectivity index (χ4v) is 1.99. The van der Waals surface area contributed by atoms with Gasteiger partial charge in [-0.25, -0.2) is 4.39 Å². The van der Waals surface area contributed by atoms with Gasteiger partial charge in [0.1, 0.15) is 5.82 Å². The van der Waals surface area contributed by atoms with Crippen LogP contribution in [0.4, 0.5) is 4.39 Å². The Balaban J connectivity index is 2.12. The maximum atomic E-state index is 13.4. The number of carbonyl (C=O) groups excluding carboxylic acids is 1. The third-order valence-electron chi connectivity index (χ3n) is 2.99. The number of amides is 1. The molecule has 1 atom stereocenters. The van der Waals surface area contributed by atoms with Crippen molar-refractivity contribution in [3.05, 3.63) is 35.6 Å². The van der Waals surface area contributed by atoms with E-state index in [2.05, 4.69) is 5.32 Å². The quantitative estimate of drug-likeness (QED) is 0.817. The molecule has 0 aromatic heterocycles. The van der Waals surface area contributed by atoms with E-state index < -0.39 is 5.82 Å². The smallest absolute Gasteiger partial charge is 0.256 e. The Morgan fingerprint density at radius 2 is 2.25 bits per heavy atom. The van der Waals surface area contributed by atoms with Gasteiger partial charge in [-0.3, -0.25) is 4.79 Å². The SMILES string of the molecule is CN[C@H]1CCN(C(=O)c2ccccc2F)C1. The Hall–Kier alpha value is -1.42. The fourth-order valence-electron chi connectivity index (χ4n) is 1.99. The molecule has 1 fully saturated rings. The number of hydrogen-bond acceptors (Lipinski definition) is 2. The van der Waals surface area contributed by atoms with Crippen LogP contribution in [0.2, 0.25) is 0 Å². The normalized spacial score (nSPS) is 20.1. The van der Waals surface area contributed by atoms with Gasteiger partial charge in [-0.2, -0.15) is 0 Å². The zero-order valence-electron chi connectivity index (χ0n) is 9.24. The lowest BCUT2D eigenvalue weighted by molar-refractivity contribution is 0.0785. The van der Waals surface area contributed by atoms with E-state index in [1.165, 1.54) is 12.1 Å². The van der Waals surface area contributed by atoms with E-state index >= 15 is 0 Å². The molecule has 0 unspecified atom stereocenters. The first kappa shape index (κ1) is 11.1. The number of hydrogen-bond donors (Lipinski definition) is 1. The molecule has 1 aromatic rings. The second kappa shape index (κ2) is 4.61. The molecular weight excluding hydrogens is 207 g/mol. The number of nitrogens with one attached hydrogen (secondary N) is 1. The highest BCUT2D eigenvalue weighted by Gasteiger charge is 2.26. The van der Waals surface area contributed by atoms with Crippen molar-refractivity contribution >= 4 is 5.91 Å². The molecule has 3 nitrogen and oxygen atoms in total. The van der Waals surface area contributed by atoms with Gasteiger partial charge in [0.25, 0.3) is 5.91 Å². The Labute approximate surface area is 94.3 Å². The lowest BCUT2D eigenvalue weighted by Gasteiger charge is -2.16. The molecule has 0 saturated carbocycles. The highest BCUT2D eigenvalue weighted by atomic mass is 19.1. The molecule has 0 aliphatic carbocycles. The topological polar surface area (TPSA) is 32.3 Å². The lowest BCUT2D eigenvalue weighted by atomic mass is 10.2. The van der Waals surface area contributed by atoms with Crippen LogP contribution in [-0.2, 0) is 0 Å². The first-order valence-electron chi connectivity index (χ1n) is 5.43. The predicted molar refractivity (Wildman–Crippen MR) is 59.8 cm³/mol. The highest BCUT2D eigenvalue weighted by Crippen LogP contribution is 2.15. The van der Waals surface area contributed by atoms with Gasteiger partial charge in [-0.15, -0.1) is 0 Å². The number of halogens is 1. The predicted octanol–water partition coefficient (Wildman–Crippen LogP) is 1.26. The Morgan fingerprint density at radius 1 is 1.50 bits per heavy atom. The van der Waals surface area contributed by atoms with E-state index in [1.54, 1.807) is 17.0 Å². The summed E-state index contributed by atoms with van der Waals surface area (Å²) < 4.78 is 13.4. The molecule has 1 aliphatic heterocycles. The molecule has 1 N–H and O–H groups in total. The van der Waals surface area contributed by atoms with E-state index in [-0.39, 0.29) is 11.5 Å². The molecular formula is C12H15FN2O. The summed E-state index contributed by atoms with van der Waals surface area (Å²) in [6, 6.07) is 6.45. The van der Waals surface area contributed by atoms with Gasteiger partial charge in [0.15, 0.2) is 0 Å². The van der Waals surface area contributed by atoms with Gasteiger partial charge in [-0.05, 0) is 25.6 Å². The third-order valence-corrected chi connectivity index (χ3v) is 2.99. The third kappa shape index (κ3) is 2.07. The second-order valence-corrected chi connectivity index (χ2v) is 4.01. The van der Waals surface area contributed by atoms with E-state index in [9.17, 15) is 9.18 Å². The van der Waals surface area contributed by atoms with Crippen LogP contribution in [-0.4, -0.2) is 37.0 Å². The molecule has 0 bridgehead atoms. The largest absolute Gasteiger partial charge is 0.337 e. The summed E-state index contributed by atoms with van der Waals surface area (Å²) in [6.45, 7) is 1.35. The molecule has 1 aromatic carbocycles. The van der Waals surface area contributed by atoms with Gasteiger partial charge in [0.05, 0.1) is 5.56 Å². The summed E-state index contributed by atoms with van der Waals surface area (Å²) >= 11 is 0. The maximum Gasteiger partial charge on any atom is 0.256 e. The molecule has 1 aliphatic rings.